The first-order valence-electron chi connectivity index (χ1n) is 10.2. The normalized spacial score (nSPS) is 19.0. The van der Waals surface area contributed by atoms with Gasteiger partial charge >= 0.3 is 0 Å². The molecular weight excluding hydrogens is 396 g/mol. The van der Waals surface area contributed by atoms with Gasteiger partial charge in [0.2, 0.25) is 5.65 Å². The van der Waals surface area contributed by atoms with E-state index in [1.807, 2.05) is 46.8 Å². The Labute approximate surface area is 178 Å². The summed E-state index contributed by atoms with van der Waals surface area (Å²) in [4.78, 5) is 25.6. The molecule has 3 aromatic heterocycles. The van der Waals surface area contributed by atoms with Gasteiger partial charge in [0.15, 0.2) is 6.33 Å². The summed E-state index contributed by atoms with van der Waals surface area (Å²) in [6.07, 6.45) is 8.30. The number of carbonyl (C=O) groups excluding carboxylic acids is 1. The van der Waals surface area contributed by atoms with E-state index in [4.69, 9.17) is 4.74 Å². The standard InChI is InChI=1S/C21H22N8O2/c1-14-11-27-10-9-22-20(19(27)25-14)31-16-8-7-15(2)28(12-16)21(30)17-5-3-4-6-18(17)29-24-13-23-26-29/h3-6,9-11,13,15-16H,7-8,12H2,1-2H3/t15-,16-/m1/s1. The number of ether oxygens (including phenoxy) is 1. The van der Waals surface area contributed by atoms with Crippen LogP contribution in [-0.2, 0) is 0 Å². The van der Waals surface area contributed by atoms with Gasteiger partial charge in [0.05, 0.1) is 17.8 Å². The van der Waals surface area contributed by atoms with Crippen molar-refractivity contribution in [2.75, 3.05) is 6.54 Å². The number of nitrogens with zero attached hydrogens (tertiary/aromatic N) is 8. The Balaban J connectivity index is 1.40. The first-order chi connectivity index (χ1) is 15.1. The summed E-state index contributed by atoms with van der Waals surface area (Å²) in [5.74, 6) is 0.395. The van der Waals surface area contributed by atoms with Crippen LogP contribution in [-0.4, -0.2) is 64.1 Å². The summed E-state index contributed by atoms with van der Waals surface area (Å²) < 4.78 is 8.12. The zero-order chi connectivity index (χ0) is 21.4. The van der Waals surface area contributed by atoms with Gasteiger partial charge in [-0.25, -0.2) is 9.97 Å². The molecule has 1 saturated heterocycles. The average Bonchev–Trinajstić information content (AvgIpc) is 3.44. The van der Waals surface area contributed by atoms with E-state index in [1.165, 1.54) is 11.1 Å². The quantitative estimate of drug-likeness (QED) is 0.500. The Morgan fingerprint density at radius 2 is 2.10 bits per heavy atom. The van der Waals surface area contributed by atoms with E-state index in [0.717, 1.165) is 18.5 Å². The lowest BCUT2D eigenvalue weighted by Crippen LogP contribution is -2.49. The molecule has 0 spiro atoms. The molecule has 4 aromatic rings. The molecular formula is C21H22N8O2. The monoisotopic (exact) mass is 418 g/mol. The SMILES string of the molecule is Cc1cn2ccnc(O[C@@H]3CC[C@@H](C)N(C(=O)c4ccccc4-n4ncnn4)C3)c2n1. The van der Waals surface area contributed by atoms with Gasteiger partial charge in [-0.1, -0.05) is 12.1 Å². The predicted molar refractivity (Wildman–Crippen MR) is 111 cm³/mol. The molecule has 1 aliphatic rings. The molecule has 1 aromatic carbocycles. The summed E-state index contributed by atoms with van der Waals surface area (Å²) in [7, 11) is 0. The maximum absolute atomic E-state index is 13.5. The smallest absolute Gasteiger partial charge is 0.258 e. The molecule has 4 heterocycles. The van der Waals surface area contributed by atoms with Crippen molar-refractivity contribution in [3.63, 3.8) is 0 Å². The van der Waals surface area contributed by atoms with Gasteiger partial charge < -0.3 is 14.0 Å². The highest BCUT2D eigenvalue weighted by Crippen LogP contribution is 2.26. The number of piperidine rings is 1. The number of tetrazole rings is 1. The number of aromatic nitrogens is 7. The van der Waals surface area contributed by atoms with Crippen molar-refractivity contribution < 1.29 is 9.53 Å². The van der Waals surface area contributed by atoms with Crippen LogP contribution in [0.2, 0.25) is 0 Å². The van der Waals surface area contributed by atoms with Crippen molar-refractivity contribution in [1.82, 2.24) is 39.5 Å². The minimum absolute atomic E-state index is 0.0848. The molecule has 2 atom stereocenters. The molecule has 0 N–H and O–H groups in total. The number of imidazole rings is 1. The molecule has 10 nitrogen and oxygen atoms in total. The van der Waals surface area contributed by atoms with Gasteiger partial charge in [-0.15, -0.1) is 15.0 Å². The van der Waals surface area contributed by atoms with Crippen molar-refractivity contribution in [3.05, 3.63) is 60.4 Å². The number of benzene rings is 1. The number of carbonyl (C=O) groups is 1. The van der Waals surface area contributed by atoms with Gasteiger partial charge in [0, 0.05) is 24.6 Å². The summed E-state index contributed by atoms with van der Waals surface area (Å²) in [6, 6.07) is 7.36. The Bertz CT molecular complexity index is 1220. The maximum atomic E-state index is 13.5. The molecule has 5 rings (SSSR count). The molecule has 1 fully saturated rings. The minimum atomic E-state index is -0.174. The first-order valence-corrected chi connectivity index (χ1v) is 10.2. The van der Waals surface area contributed by atoms with E-state index in [0.29, 0.717) is 29.3 Å². The van der Waals surface area contributed by atoms with E-state index >= 15 is 0 Å². The van der Waals surface area contributed by atoms with Crippen LogP contribution in [0.1, 0.15) is 35.8 Å². The van der Waals surface area contributed by atoms with Crippen molar-refractivity contribution in [2.24, 2.45) is 0 Å². The minimum Gasteiger partial charge on any atom is -0.470 e. The summed E-state index contributed by atoms with van der Waals surface area (Å²) >= 11 is 0. The molecule has 1 aliphatic heterocycles. The van der Waals surface area contributed by atoms with Crippen molar-refractivity contribution in [3.8, 4) is 11.6 Å². The van der Waals surface area contributed by atoms with Crippen LogP contribution in [0.25, 0.3) is 11.3 Å². The van der Waals surface area contributed by atoms with Gasteiger partial charge in [-0.05, 0) is 44.0 Å². The molecule has 0 bridgehead atoms. The summed E-state index contributed by atoms with van der Waals surface area (Å²) in [5.41, 5.74) is 2.70. The zero-order valence-corrected chi connectivity index (χ0v) is 17.3. The number of aryl methyl sites for hydroxylation is 1. The third kappa shape index (κ3) is 3.60. The fourth-order valence-corrected chi connectivity index (χ4v) is 3.97. The Kier molecular flexibility index (Phi) is 4.81. The van der Waals surface area contributed by atoms with Gasteiger partial charge in [-0.3, -0.25) is 4.79 Å². The highest BCUT2D eigenvalue weighted by atomic mass is 16.5. The maximum Gasteiger partial charge on any atom is 0.258 e. The van der Waals surface area contributed by atoms with E-state index in [-0.39, 0.29) is 18.1 Å². The van der Waals surface area contributed by atoms with Gasteiger partial charge in [-0.2, -0.15) is 0 Å². The lowest BCUT2D eigenvalue weighted by molar-refractivity contribution is 0.0375. The second-order valence-corrected chi connectivity index (χ2v) is 7.71. The van der Waals surface area contributed by atoms with Gasteiger partial charge in [0.1, 0.15) is 11.8 Å². The van der Waals surface area contributed by atoms with E-state index < -0.39 is 0 Å². The number of fused-ring (bicyclic) bond motifs is 1. The molecule has 0 saturated carbocycles. The Hall–Kier alpha value is -3.82. The lowest BCUT2D eigenvalue weighted by Gasteiger charge is -2.38. The molecule has 1 amide bonds. The lowest BCUT2D eigenvalue weighted by atomic mass is 9.99. The van der Waals surface area contributed by atoms with Crippen LogP contribution < -0.4 is 4.74 Å². The van der Waals surface area contributed by atoms with Crippen molar-refractivity contribution in [2.45, 2.75) is 38.8 Å². The molecule has 10 heteroatoms. The van der Waals surface area contributed by atoms with Crippen LogP contribution in [0.5, 0.6) is 5.88 Å². The highest BCUT2D eigenvalue weighted by Gasteiger charge is 2.32. The summed E-state index contributed by atoms with van der Waals surface area (Å²) in [6.45, 7) is 4.45. The fraction of sp³-hybridized carbons (Fsp3) is 0.333. The first kappa shape index (κ1) is 19.2. The number of hydrogen-bond acceptors (Lipinski definition) is 7. The zero-order valence-electron chi connectivity index (χ0n) is 17.3. The second kappa shape index (κ2) is 7.78. The predicted octanol–water partition coefficient (Wildman–Crippen LogP) is 2.09. The highest BCUT2D eigenvalue weighted by molar-refractivity contribution is 5.98. The van der Waals surface area contributed by atoms with Crippen LogP contribution in [0.4, 0.5) is 0 Å². The Morgan fingerprint density at radius 3 is 2.94 bits per heavy atom. The molecule has 31 heavy (non-hydrogen) atoms. The number of hydrogen-bond donors (Lipinski definition) is 0. The molecule has 0 unspecified atom stereocenters. The molecule has 0 radical (unpaired) electrons. The third-order valence-corrected chi connectivity index (χ3v) is 5.54. The number of para-hydroxylation sites is 1. The molecule has 0 aliphatic carbocycles. The second-order valence-electron chi connectivity index (χ2n) is 7.71. The van der Waals surface area contributed by atoms with E-state index in [1.54, 1.807) is 12.3 Å². The fourth-order valence-electron chi connectivity index (χ4n) is 3.97. The number of rotatable bonds is 4. The largest absolute Gasteiger partial charge is 0.470 e. The number of likely N-dealkylation sites (tertiary alicyclic amines) is 1. The van der Waals surface area contributed by atoms with Crippen molar-refractivity contribution in [1.29, 1.82) is 0 Å². The third-order valence-electron chi connectivity index (χ3n) is 5.54. The van der Waals surface area contributed by atoms with E-state index in [9.17, 15) is 4.79 Å². The van der Waals surface area contributed by atoms with E-state index in [2.05, 4.69) is 32.3 Å². The Morgan fingerprint density at radius 1 is 1.23 bits per heavy atom. The van der Waals surface area contributed by atoms with Crippen LogP contribution in [0.3, 0.4) is 0 Å². The number of amides is 1. The average molecular weight is 418 g/mol. The van der Waals surface area contributed by atoms with Crippen molar-refractivity contribution >= 4 is 11.6 Å². The topological polar surface area (TPSA) is 103 Å². The van der Waals surface area contributed by atoms with Gasteiger partial charge in [0.25, 0.3) is 11.8 Å². The van der Waals surface area contributed by atoms with Crippen LogP contribution in [0.15, 0.2) is 49.2 Å². The summed E-state index contributed by atoms with van der Waals surface area (Å²) in [5, 5.41) is 11.8. The van der Waals surface area contributed by atoms with Crippen LogP contribution >= 0.6 is 0 Å². The molecule has 158 valence electrons. The van der Waals surface area contributed by atoms with Crippen LogP contribution in [0, 0.1) is 6.92 Å².